The SMILES string of the molecule is O=C(NN1CCc2ccccc2C1=O)c1sccc1S(=O)(=O)N1CCCC1. The molecule has 9 heteroatoms. The van der Waals surface area contributed by atoms with Crippen LogP contribution in [0.4, 0.5) is 0 Å². The molecule has 1 aromatic heterocycles. The fourth-order valence-electron chi connectivity index (χ4n) is 3.44. The maximum absolute atomic E-state index is 12.8. The Morgan fingerprint density at radius 2 is 1.81 bits per heavy atom. The van der Waals surface area contributed by atoms with E-state index in [0.29, 0.717) is 31.6 Å². The summed E-state index contributed by atoms with van der Waals surface area (Å²) in [5.74, 6) is -0.860. The Labute approximate surface area is 161 Å². The number of thiophene rings is 1. The predicted molar refractivity (Wildman–Crippen MR) is 101 cm³/mol. The van der Waals surface area contributed by atoms with Gasteiger partial charge in [0.1, 0.15) is 9.77 Å². The van der Waals surface area contributed by atoms with Crippen molar-refractivity contribution in [1.82, 2.24) is 14.7 Å². The summed E-state index contributed by atoms with van der Waals surface area (Å²) in [4.78, 5) is 25.5. The van der Waals surface area contributed by atoms with Gasteiger partial charge < -0.3 is 0 Å². The third-order valence-corrected chi connectivity index (χ3v) is 7.84. The van der Waals surface area contributed by atoms with Crippen LogP contribution in [0.25, 0.3) is 0 Å². The topological polar surface area (TPSA) is 86.8 Å². The third kappa shape index (κ3) is 3.26. The Bertz CT molecular complexity index is 994. The second-order valence-corrected chi connectivity index (χ2v) is 9.35. The van der Waals surface area contributed by atoms with Crippen molar-refractivity contribution < 1.29 is 18.0 Å². The van der Waals surface area contributed by atoms with Crippen molar-refractivity contribution in [1.29, 1.82) is 0 Å². The van der Waals surface area contributed by atoms with E-state index < -0.39 is 15.9 Å². The molecule has 0 atom stereocenters. The zero-order valence-electron chi connectivity index (χ0n) is 14.6. The van der Waals surface area contributed by atoms with E-state index in [1.54, 1.807) is 17.5 Å². The van der Waals surface area contributed by atoms with Crippen molar-refractivity contribution in [2.75, 3.05) is 19.6 Å². The lowest BCUT2D eigenvalue weighted by molar-refractivity contribution is 0.0568. The normalized spacial score (nSPS) is 17.8. The van der Waals surface area contributed by atoms with Crippen LogP contribution in [0.5, 0.6) is 0 Å². The van der Waals surface area contributed by atoms with Crippen LogP contribution in [0.1, 0.15) is 38.4 Å². The van der Waals surface area contributed by atoms with Gasteiger partial charge in [-0.15, -0.1) is 11.3 Å². The number of hydrogen-bond donors (Lipinski definition) is 1. The highest BCUT2D eigenvalue weighted by Crippen LogP contribution is 2.28. The molecule has 0 spiro atoms. The van der Waals surface area contributed by atoms with Crippen LogP contribution in [0.3, 0.4) is 0 Å². The summed E-state index contributed by atoms with van der Waals surface area (Å²) in [5.41, 5.74) is 4.09. The number of hydrogen-bond acceptors (Lipinski definition) is 5. The molecule has 2 aliphatic rings. The van der Waals surface area contributed by atoms with E-state index in [1.807, 2.05) is 12.1 Å². The molecular formula is C18H19N3O4S2. The van der Waals surface area contributed by atoms with E-state index in [-0.39, 0.29) is 15.7 Å². The van der Waals surface area contributed by atoms with Crippen LogP contribution in [-0.2, 0) is 16.4 Å². The molecule has 2 aromatic rings. The summed E-state index contributed by atoms with van der Waals surface area (Å²) < 4.78 is 27.0. The van der Waals surface area contributed by atoms with Crippen molar-refractivity contribution in [3.8, 4) is 0 Å². The average Bonchev–Trinajstić information content (AvgIpc) is 3.36. The minimum atomic E-state index is -3.69. The molecule has 7 nitrogen and oxygen atoms in total. The highest BCUT2D eigenvalue weighted by atomic mass is 32.2. The van der Waals surface area contributed by atoms with Gasteiger partial charge in [-0.2, -0.15) is 4.31 Å². The summed E-state index contributed by atoms with van der Waals surface area (Å²) >= 11 is 1.06. The lowest BCUT2D eigenvalue weighted by Gasteiger charge is -2.28. The molecule has 2 amide bonds. The molecule has 27 heavy (non-hydrogen) atoms. The summed E-state index contributed by atoms with van der Waals surface area (Å²) in [6, 6.07) is 8.74. The quantitative estimate of drug-likeness (QED) is 0.841. The number of sulfonamides is 1. The van der Waals surface area contributed by atoms with E-state index in [2.05, 4.69) is 5.43 Å². The molecular weight excluding hydrogens is 386 g/mol. The Morgan fingerprint density at radius 1 is 1.07 bits per heavy atom. The molecule has 0 saturated carbocycles. The molecule has 0 unspecified atom stereocenters. The number of hydrazine groups is 1. The van der Waals surface area contributed by atoms with Crippen LogP contribution in [0.2, 0.25) is 0 Å². The zero-order chi connectivity index (χ0) is 19.0. The van der Waals surface area contributed by atoms with Crippen LogP contribution in [0, 0.1) is 0 Å². The van der Waals surface area contributed by atoms with Gasteiger partial charge in [-0.25, -0.2) is 13.4 Å². The number of carbonyl (C=O) groups is 2. The molecule has 0 aliphatic carbocycles. The molecule has 1 saturated heterocycles. The van der Waals surface area contributed by atoms with E-state index >= 15 is 0 Å². The Morgan fingerprint density at radius 3 is 2.59 bits per heavy atom. The van der Waals surface area contributed by atoms with Gasteiger partial charge in [0, 0.05) is 25.2 Å². The molecule has 142 valence electrons. The molecule has 4 rings (SSSR count). The van der Waals surface area contributed by atoms with Gasteiger partial charge in [0.15, 0.2) is 0 Å². The molecule has 2 aliphatic heterocycles. The monoisotopic (exact) mass is 405 g/mol. The molecule has 3 heterocycles. The van der Waals surface area contributed by atoms with Crippen LogP contribution < -0.4 is 5.43 Å². The van der Waals surface area contributed by atoms with E-state index in [9.17, 15) is 18.0 Å². The molecule has 0 bridgehead atoms. The van der Waals surface area contributed by atoms with Crippen molar-refractivity contribution in [3.63, 3.8) is 0 Å². The summed E-state index contributed by atoms with van der Waals surface area (Å²) in [7, 11) is -3.69. The maximum Gasteiger partial charge on any atom is 0.281 e. The lowest BCUT2D eigenvalue weighted by atomic mass is 10.0. The van der Waals surface area contributed by atoms with Gasteiger partial charge in [0.25, 0.3) is 11.8 Å². The van der Waals surface area contributed by atoms with Gasteiger partial charge in [-0.05, 0) is 42.3 Å². The Kier molecular flexibility index (Phi) is 4.75. The van der Waals surface area contributed by atoms with Crippen molar-refractivity contribution >= 4 is 33.2 Å². The predicted octanol–water partition coefficient (Wildman–Crippen LogP) is 1.88. The van der Waals surface area contributed by atoms with Gasteiger partial charge in [0.05, 0.1) is 0 Å². The molecule has 1 N–H and O–H groups in total. The first kappa shape index (κ1) is 18.1. The van der Waals surface area contributed by atoms with Crippen molar-refractivity contribution in [2.24, 2.45) is 0 Å². The van der Waals surface area contributed by atoms with Gasteiger partial charge in [-0.3, -0.25) is 15.0 Å². The number of benzene rings is 1. The Hall–Kier alpha value is -2.23. The fraction of sp³-hybridized carbons (Fsp3) is 0.333. The van der Waals surface area contributed by atoms with Gasteiger partial charge >= 0.3 is 0 Å². The van der Waals surface area contributed by atoms with Crippen LogP contribution in [0.15, 0.2) is 40.6 Å². The first-order valence-electron chi connectivity index (χ1n) is 8.77. The smallest absolute Gasteiger partial charge is 0.267 e. The van der Waals surface area contributed by atoms with Crippen molar-refractivity contribution in [2.45, 2.75) is 24.2 Å². The average molecular weight is 406 g/mol. The van der Waals surface area contributed by atoms with Gasteiger partial charge in [-0.1, -0.05) is 18.2 Å². The van der Waals surface area contributed by atoms with Crippen LogP contribution in [-0.4, -0.2) is 49.2 Å². The Balaban J connectivity index is 1.55. The highest BCUT2D eigenvalue weighted by molar-refractivity contribution is 7.89. The first-order valence-corrected chi connectivity index (χ1v) is 11.1. The summed E-state index contributed by atoms with van der Waals surface area (Å²) in [5, 5.41) is 2.85. The zero-order valence-corrected chi connectivity index (χ0v) is 16.2. The molecule has 1 aromatic carbocycles. The first-order chi connectivity index (χ1) is 13.0. The van der Waals surface area contributed by atoms with Crippen molar-refractivity contribution in [3.05, 3.63) is 51.7 Å². The van der Waals surface area contributed by atoms with E-state index in [0.717, 1.165) is 29.7 Å². The van der Waals surface area contributed by atoms with Crippen LogP contribution >= 0.6 is 11.3 Å². The number of fused-ring (bicyclic) bond motifs is 1. The molecule has 0 radical (unpaired) electrons. The number of amides is 2. The molecule has 1 fully saturated rings. The maximum atomic E-state index is 12.8. The van der Waals surface area contributed by atoms with E-state index in [1.165, 1.54) is 15.4 Å². The van der Waals surface area contributed by atoms with Gasteiger partial charge in [0.2, 0.25) is 10.0 Å². The van der Waals surface area contributed by atoms with E-state index in [4.69, 9.17) is 0 Å². The fourth-order valence-corrected chi connectivity index (χ4v) is 6.25. The minimum absolute atomic E-state index is 0.0109. The summed E-state index contributed by atoms with van der Waals surface area (Å²) in [6.45, 7) is 1.29. The largest absolute Gasteiger partial charge is 0.281 e. The standard InChI is InChI=1S/C18H19N3O4S2/c22-17(19-21-11-7-13-5-1-2-6-14(13)18(21)23)16-15(8-12-26-16)27(24,25)20-9-3-4-10-20/h1-2,5-6,8,12H,3-4,7,9-11H2,(H,19,22). The number of rotatable bonds is 4. The number of nitrogens with zero attached hydrogens (tertiary/aromatic N) is 2. The second-order valence-electron chi connectivity index (χ2n) is 6.53. The second kappa shape index (κ2) is 7.06. The third-order valence-electron chi connectivity index (χ3n) is 4.85. The summed E-state index contributed by atoms with van der Waals surface area (Å²) in [6.07, 6.45) is 2.28. The number of nitrogens with one attached hydrogen (secondary N) is 1. The minimum Gasteiger partial charge on any atom is -0.267 e. The highest BCUT2D eigenvalue weighted by Gasteiger charge is 2.33. The number of carbonyl (C=O) groups excluding carboxylic acids is 2. The lowest BCUT2D eigenvalue weighted by Crippen LogP contribution is -2.49.